The fraction of sp³-hybridized carbons (Fsp3) is 0.133. The van der Waals surface area contributed by atoms with Crippen LogP contribution in [0.2, 0.25) is 5.02 Å². The minimum absolute atomic E-state index is 0.0281. The van der Waals surface area contributed by atoms with Crippen LogP contribution in [0, 0.1) is 0 Å². The zero-order chi connectivity index (χ0) is 14.7. The quantitative estimate of drug-likeness (QED) is 0.814. The molecule has 0 bridgehead atoms. The van der Waals surface area contributed by atoms with Gasteiger partial charge in [0.2, 0.25) is 0 Å². The van der Waals surface area contributed by atoms with Crippen LogP contribution < -0.4 is 5.32 Å². The molecular formula is C15H13BrClNO2. The van der Waals surface area contributed by atoms with E-state index in [9.17, 15) is 4.79 Å². The van der Waals surface area contributed by atoms with Crippen LogP contribution in [0.4, 0.5) is 5.69 Å². The lowest BCUT2D eigenvalue weighted by Crippen LogP contribution is -2.08. The lowest BCUT2D eigenvalue weighted by Gasteiger charge is -2.17. The van der Waals surface area contributed by atoms with Gasteiger partial charge in [0.05, 0.1) is 5.56 Å². The molecule has 0 aliphatic rings. The zero-order valence-electron chi connectivity index (χ0n) is 10.7. The van der Waals surface area contributed by atoms with Crippen LogP contribution in [0.25, 0.3) is 0 Å². The molecule has 0 fully saturated rings. The summed E-state index contributed by atoms with van der Waals surface area (Å²) in [7, 11) is 0. The van der Waals surface area contributed by atoms with Crippen molar-refractivity contribution >= 4 is 39.2 Å². The van der Waals surface area contributed by atoms with E-state index in [1.54, 1.807) is 12.1 Å². The van der Waals surface area contributed by atoms with E-state index in [4.69, 9.17) is 16.7 Å². The highest BCUT2D eigenvalue weighted by Gasteiger charge is 2.11. The molecule has 0 aliphatic carbocycles. The molecule has 0 saturated carbocycles. The monoisotopic (exact) mass is 353 g/mol. The predicted molar refractivity (Wildman–Crippen MR) is 84.6 cm³/mol. The van der Waals surface area contributed by atoms with Gasteiger partial charge in [0.1, 0.15) is 0 Å². The smallest absolute Gasteiger partial charge is 0.335 e. The van der Waals surface area contributed by atoms with Gasteiger partial charge in [-0.2, -0.15) is 0 Å². The highest BCUT2D eigenvalue weighted by atomic mass is 79.9. The number of aromatic carboxylic acids is 1. The number of hydrogen-bond acceptors (Lipinski definition) is 2. The highest BCUT2D eigenvalue weighted by molar-refractivity contribution is 9.10. The van der Waals surface area contributed by atoms with Gasteiger partial charge in [-0.25, -0.2) is 4.79 Å². The van der Waals surface area contributed by atoms with Crippen LogP contribution in [0.1, 0.15) is 28.9 Å². The summed E-state index contributed by atoms with van der Waals surface area (Å²) in [4.78, 5) is 11.0. The van der Waals surface area contributed by atoms with E-state index in [1.165, 1.54) is 0 Å². The van der Waals surface area contributed by atoms with Crippen LogP contribution in [0.5, 0.6) is 0 Å². The van der Waals surface area contributed by atoms with E-state index < -0.39 is 5.97 Å². The minimum atomic E-state index is -0.959. The van der Waals surface area contributed by atoms with Crippen molar-refractivity contribution in [2.24, 2.45) is 0 Å². The number of hydrogen-bond donors (Lipinski definition) is 2. The number of nitrogens with one attached hydrogen (secondary N) is 1. The van der Waals surface area contributed by atoms with Crippen LogP contribution >= 0.6 is 27.5 Å². The van der Waals surface area contributed by atoms with E-state index in [0.29, 0.717) is 9.50 Å². The summed E-state index contributed by atoms with van der Waals surface area (Å²) in [5.74, 6) is -0.959. The van der Waals surface area contributed by atoms with Gasteiger partial charge in [-0.05, 0) is 36.8 Å². The number of anilines is 1. The van der Waals surface area contributed by atoms with Gasteiger partial charge in [-0.3, -0.25) is 0 Å². The Kier molecular flexibility index (Phi) is 4.68. The van der Waals surface area contributed by atoms with Gasteiger partial charge in [0, 0.05) is 21.2 Å². The lowest BCUT2D eigenvalue weighted by molar-refractivity contribution is 0.0697. The average molecular weight is 355 g/mol. The molecule has 3 nitrogen and oxygen atoms in total. The third-order valence-corrected chi connectivity index (χ3v) is 3.70. The van der Waals surface area contributed by atoms with E-state index >= 15 is 0 Å². The van der Waals surface area contributed by atoms with Gasteiger partial charge in [0.15, 0.2) is 0 Å². The average Bonchev–Trinajstić information content (AvgIpc) is 2.38. The Bertz CT molecular complexity index is 646. The second kappa shape index (κ2) is 6.29. The number of carbonyl (C=O) groups is 1. The molecule has 0 aromatic heterocycles. The summed E-state index contributed by atoms with van der Waals surface area (Å²) < 4.78 is 0.714. The normalized spacial score (nSPS) is 11.9. The predicted octanol–water partition coefficient (Wildman–Crippen LogP) is 4.97. The summed E-state index contributed by atoms with van der Waals surface area (Å²) in [6, 6.07) is 12.5. The van der Waals surface area contributed by atoms with Gasteiger partial charge in [-0.1, -0.05) is 45.7 Å². The molecule has 104 valence electrons. The topological polar surface area (TPSA) is 49.3 Å². The first-order valence-electron chi connectivity index (χ1n) is 6.02. The first-order chi connectivity index (χ1) is 9.47. The van der Waals surface area contributed by atoms with E-state index in [1.807, 2.05) is 37.3 Å². The molecule has 2 N–H and O–H groups in total. The summed E-state index contributed by atoms with van der Waals surface area (Å²) in [5, 5.41) is 13.0. The van der Waals surface area contributed by atoms with Crippen molar-refractivity contribution in [3.8, 4) is 0 Å². The van der Waals surface area contributed by atoms with Crippen molar-refractivity contribution in [1.82, 2.24) is 0 Å². The molecular weight excluding hydrogens is 342 g/mol. The molecule has 0 amide bonds. The first-order valence-corrected chi connectivity index (χ1v) is 7.19. The Morgan fingerprint density at radius 3 is 2.65 bits per heavy atom. The maximum Gasteiger partial charge on any atom is 0.335 e. The third kappa shape index (κ3) is 3.52. The second-order valence-electron chi connectivity index (χ2n) is 4.42. The van der Waals surface area contributed by atoms with Crippen LogP contribution in [-0.4, -0.2) is 11.1 Å². The largest absolute Gasteiger partial charge is 0.478 e. The van der Waals surface area contributed by atoms with Gasteiger partial charge in [0.25, 0.3) is 0 Å². The van der Waals surface area contributed by atoms with E-state index in [2.05, 4.69) is 21.2 Å². The molecule has 1 unspecified atom stereocenters. The highest BCUT2D eigenvalue weighted by Crippen LogP contribution is 2.27. The summed E-state index contributed by atoms with van der Waals surface area (Å²) >= 11 is 9.47. The second-order valence-corrected chi connectivity index (χ2v) is 5.74. The molecule has 2 aromatic rings. The van der Waals surface area contributed by atoms with Gasteiger partial charge < -0.3 is 10.4 Å². The molecule has 0 radical (unpaired) electrons. The van der Waals surface area contributed by atoms with Crippen molar-refractivity contribution in [1.29, 1.82) is 0 Å². The molecule has 5 heteroatoms. The number of carboxylic acid groups (broad SMARTS) is 1. The SMILES string of the molecule is CC(Nc1cc(Br)cc(C(=O)O)c1)c1ccccc1Cl. The molecule has 2 rings (SSSR count). The lowest BCUT2D eigenvalue weighted by atomic mass is 10.1. The molecule has 0 aliphatic heterocycles. The zero-order valence-corrected chi connectivity index (χ0v) is 13.1. The standard InChI is InChI=1S/C15H13BrClNO2/c1-9(13-4-2-3-5-14(13)17)18-12-7-10(15(19)20)6-11(16)8-12/h2-9,18H,1H3,(H,19,20). The molecule has 1 atom stereocenters. The maximum atomic E-state index is 11.0. The Morgan fingerprint density at radius 1 is 1.30 bits per heavy atom. The van der Waals surface area contributed by atoms with Crippen LogP contribution in [0.3, 0.4) is 0 Å². The van der Waals surface area contributed by atoms with Gasteiger partial charge >= 0.3 is 5.97 Å². The fourth-order valence-corrected chi connectivity index (χ4v) is 2.74. The summed E-state index contributed by atoms with van der Waals surface area (Å²) in [6.45, 7) is 1.97. The van der Waals surface area contributed by atoms with Crippen molar-refractivity contribution in [2.75, 3.05) is 5.32 Å². The number of carboxylic acids is 1. The minimum Gasteiger partial charge on any atom is -0.478 e. The molecule has 20 heavy (non-hydrogen) atoms. The maximum absolute atomic E-state index is 11.0. The number of rotatable bonds is 4. The Morgan fingerprint density at radius 2 is 2.00 bits per heavy atom. The van der Waals surface area contributed by atoms with Crippen LogP contribution in [-0.2, 0) is 0 Å². The van der Waals surface area contributed by atoms with E-state index in [-0.39, 0.29) is 11.6 Å². The third-order valence-electron chi connectivity index (χ3n) is 2.90. The molecule has 2 aromatic carbocycles. The Balaban J connectivity index is 2.26. The van der Waals surface area contributed by atoms with Crippen molar-refractivity contribution in [3.05, 3.63) is 63.1 Å². The Hall–Kier alpha value is -1.52. The summed E-state index contributed by atoms with van der Waals surface area (Å²) in [5.41, 5.74) is 1.92. The van der Waals surface area contributed by atoms with Crippen molar-refractivity contribution in [2.45, 2.75) is 13.0 Å². The number of halogens is 2. The van der Waals surface area contributed by atoms with Crippen LogP contribution in [0.15, 0.2) is 46.9 Å². The van der Waals surface area contributed by atoms with Crippen molar-refractivity contribution in [3.63, 3.8) is 0 Å². The molecule has 0 spiro atoms. The van der Waals surface area contributed by atoms with Gasteiger partial charge in [-0.15, -0.1) is 0 Å². The van der Waals surface area contributed by atoms with E-state index in [0.717, 1.165) is 11.3 Å². The Labute approximate surface area is 130 Å². The summed E-state index contributed by atoms with van der Waals surface area (Å²) in [6.07, 6.45) is 0. The molecule has 0 saturated heterocycles. The van der Waals surface area contributed by atoms with Crippen molar-refractivity contribution < 1.29 is 9.90 Å². The number of benzene rings is 2. The fourth-order valence-electron chi connectivity index (χ4n) is 1.95. The molecule has 0 heterocycles. The first kappa shape index (κ1) is 14.9.